The van der Waals surface area contributed by atoms with E-state index in [1.54, 1.807) is 0 Å². The molecule has 0 amide bonds. The van der Waals surface area contributed by atoms with E-state index >= 15 is 0 Å². The molecule has 0 heterocycles. The third kappa shape index (κ3) is 5.21. The Morgan fingerprint density at radius 3 is 2.50 bits per heavy atom. The third-order valence-corrected chi connectivity index (χ3v) is 2.76. The normalized spacial score (nSPS) is 12.8. The Morgan fingerprint density at radius 2 is 1.95 bits per heavy atom. The molecular formula is C16H25NO3. The number of hydrogen-bond acceptors (Lipinski definition) is 4. The zero-order chi connectivity index (χ0) is 15.2. The van der Waals surface area contributed by atoms with Crippen LogP contribution in [-0.4, -0.2) is 24.7 Å². The quantitative estimate of drug-likeness (QED) is 0.813. The van der Waals surface area contributed by atoms with Gasteiger partial charge in [-0.3, -0.25) is 4.79 Å². The van der Waals surface area contributed by atoms with E-state index in [2.05, 4.69) is 0 Å². The van der Waals surface area contributed by atoms with Crippen molar-refractivity contribution in [3.05, 3.63) is 29.8 Å². The SMILES string of the molecule is CCOc1ccccc1CC(CN)C(=O)OC(C)(C)C. The molecule has 1 aromatic rings. The van der Waals surface area contributed by atoms with E-state index in [-0.39, 0.29) is 18.4 Å². The fraction of sp³-hybridized carbons (Fsp3) is 0.562. The van der Waals surface area contributed by atoms with E-state index in [0.29, 0.717) is 13.0 Å². The first-order chi connectivity index (χ1) is 9.37. The third-order valence-electron chi connectivity index (χ3n) is 2.76. The Kier molecular flexibility index (Phi) is 6.02. The smallest absolute Gasteiger partial charge is 0.311 e. The van der Waals surface area contributed by atoms with Crippen molar-refractivity contribution in [3.63, 3.8) is 0 Å². The minimum absolute atomic E-state index is 0.258. The summed E-state index contributed by atoms with van der Waals surface area (Å²) in [6, 6.07) is 7.71. The summed E-state index contributed by atoms with van der Waals surface area (Å²) in [6.45, 7) is 8.35. The number of ether oxygens (including phenoxy) is 2. The maximum atomic E-state index is 12.1. The molecule has 1 atom stereocenters. The van der Waals surface area contributed by atoms with Crippen LogP contribution < -0.4 is 10.5 Å². The number of para-hydroxylation sites is 1. The van der Waals surface area contributed by atoms with Gasteiger partial charge in [0.05, 0.1) is 12.5 Å². The summed E-state index contributed by atoms with van der Waals surface area (Å²) in [4.78, 5) is 12.1. The van der Waals surface area contributed by atoms with Crippen molar-refractivity contribution in [1.82, 2.24) is 0 Å². The molecule has 1 rings (SSSR count). The molecule has 0 aliphatic carbocycles. The number of rotatable bonds is 6. The van der Waals surface area contributed by atoms with Crippen LogP contribution in [0.4, 0.5) is 0 Å². The predicted molar refractivity (Wildman–Crippen MR) is 79.7 cm³/mol. The van der Waals surface area contributed by atoms with E-state index in [1.807, 2.05) is 52.0 Å². The van der Waals surface area contributed by atoms with E-state index in [0.717, 1.165) is 11.3 Å². The van der Waals surface area contributed by atoms with Gasteiger partial charge in [-0.25, -0.2) is 0 Å². The first-order valence-electron chi connectivity index (χ1n) is 7.01. The summed E-state index contributed by atoms with van der Waals surface area (Å²) in [5.41, 5.74) is 6.21. The summed E-state index contributed by atoms with van der Waals surface area (Å²) in [5.74, 6) is 0.194. The lowest BCUT2D eigenvalue weighted by molar-refractivity contribution is -0.159. The van der Waals surface area contributed by atoms with E-state index in [4.69, 9.17) is 15.2 Å². The largest absolute Gasteiger partial charge is 0.494 e. The maximum absolute atomic E-state index is 12.1. The molecule has 0 aliphatic rings. The minimum Gasteiger partial charge on any atom is -0.494 e. The summed E-state index contributed by atoms with van der Waals surface area (Å²) >= 11 is 0. The molecule has 0 saturated heterocycles. The van der Waals surface area contributed by atoms with Crippen LogP contribution in [0.2, 0.25) is 0 Å². The predicted octanol–water partition coefficient (Wildman–Crippen LogP) is 2.54. The van der Waals surface area contributed by atoms with Crippen molar-refractivity contribution in [2.24, 2.45) is 11.7 Å². The summed E-state index contributed by atoms with van der Waals surface area (Å²) in [5, 5.41) is 0. The van der Waals surface area contributed by atoms with Crippen molar-refractivity contribution >= 4 is 5.97 Å². The van der Waals surface area contributed by atoms with E-state index in [1.165, 1.54) is 0 Å². The molecule has 112 valence electrons. The monoisotopic (exact) mass is 279 g/mol. The highest BCUT2D eigenvalue weighted by molar-refractivity contribution is 5.73. The zero-order valence-electron chi connectivity index (χ0n) is 12.8. The highest BCUT2D eigenvalue weighted by Gasteiger charge is 2.25. The lowest BCUT2D eigenvalue weighted by atomic mass is 9.98. The minimum atomic E-state index is -0.496. The Morgan fingerprint density at radius 1 is 1.30 bits per heavy atom. The number of hydrogen-bond donors (Lipinski definition) is 1. The van der Waals surface area contributed by atoms with Gasteiger partial charge in [0, 0.05) is 6.54 Å². The standard InChI is InChI=1S/C16H25NO3/c1-5-19-14-9-7-6-8-12(14)10-13(11-17)15(18)20-16(2,3)4/h6-9,13H,5,10-11,17H2,1-4H3. The molecule has 4 heteroatoms. The lowest BCUT2D eigenvalue weighted by Gasteiger charge is -2.23. The van der Waals surface area contributed by atoms with Gasteiger partial charge in [0.15, 0.2) is 0 Å². The van der Waals surface area contributed by atoms with Crippen molar-refractivity contribution in [3.8, 4) is 5.75 Å². The average Bonchev–Trinajstić information content (AvgIpc) is 2.35. The van der Waals surface area contributed by atoms with Gasteiger partial charge in [0.25, 0.3) is 0 Å². The molecule has 0 radical (unpaired) electrons. The van der Waals surface area contributed by atoms with Gasteiger partial charge in [-0.15, -0.1) is 0 Å². The molecule has 0 aliphatic heterocycles. The zero-order valence-corrected chi connectivity index (χ0v) is 12.8. The molecule has 1 aromatic carbocycles. The summed E-state index contributed by atoms with van der Waals surface area (Å²) < 4.78 is 11.0. The van der Waals surface area contributed by atoms with Gasteiger partial charge in [-0.1, -0.05) is 18.2 Å². The Labute approximate surface area is 121 Å². The summed E-state index contributed by atoms with van der Waals surface area (Å²) in [6.07, 6.45) is 0.529. The van der Waals surface area contributed by atoms with Crippen LogP contribution in [0.5, 0.6) is 5.75 Å². The van der Waals surface area contributed by atoms with Gasteiger partial charge in [-0.05, 0) is 45.7 Å². The van der Waals surface area contributed by atoms with Crippen molar-refractivity contribution < 1.29 is 14.3 Å². The van der Waals surface area contributed by atoms with Gasteiger partial charge in [0.2, 0.25) is 0 Å². The van der Waals surface area contributed by atoms with Crippen LogP contribution in [0.3, 0.4) is 0 Å². The van der Waals surface area contributed by atoms with Gasteiger partial charge in [0.1, 0.15) is 11.4 Å². The average molecular weight is 279 g/mol. The Bertz CT molecular complexity index is 438. The molecule has 1 unspecified atom stereocenters. The maximum Gasteiger partial charge on any atom is 0.311 e. The van der Waals surface area contributed by atoms with Crippen molar-refractivity contribution in [2.75, 3.05) is 13.2 Å². The molecule has 0 spiro atoms. The van der Waals surface area contributed by atoms with Crippen molar-refractivity contribution in [1.29, 1.82) is 0 Å². The molecule has 20 heavy (non-hydrogen) atoms. The van der Waals surface area contributed by atoms with Gasteiger partial charge >= 0.3 is 5.97 Å². The second-order valence-corrected chi connectivity index (χ2v) is 5.71. The Hall–Kier alpha value is -1.55. The number of benzene rings is 1. The number of carbonyl (C=O) groups is 1. The molecule has 4 nitrogen and oxygen atoms in total. The summed E-state index contributed by atoms with van der Waals surface area (Å²) in [7, 11) is 0. The van der Waals surface area contributed by atoms with Gasteiger partial charge < -0.3 is 15.2 Å². The second-order valence-electron chi connectivity index (χ2n) is 5.71. The molecule has 0 aromatic heterocycles. The lowest BCUT2D eigenvalue weighted by Crippen LogP contribution is -2.33. The van der Waals surface area contributed by atoms with Crippen LogP contribution >= 0.6 is 0 Å². The first kappa shape index (κ1) is 16.5. The number of carbonyl (C=O) groups excluding carboxylic acids is 1. The van der Waals surface area contributed by atoms with Gasteiger partial charge in [-0.2, -0.15) is 0 Å². The van der Waals surface area contributed by atoms with Crippen molar-refractivity contribution in [2.45, 2.75) is 39.7 Å². The molecular weight excluding hydrogens is 254 g/mol. The first-order valence-corrected chi connectivity index (χ1v) is 7.01. The number of esters is 1. The number of nitrogens with two attached hydrogens (primary N) is 1. The molecule has 0 bridgehead atoms. The van der Waals surface area contributed by atoms with Crippen LogP contribution in [0, 0.1) is 5.92 Å². The fourth-order valence-electron chi connectivity index (χ4n) is 1.88. The van der Waals surface area contributed by atoms with E-state index in [9.17, 15) is 4.79 Å². The van der Waals surface area contributed by atoms with Crippen LogP contribution in [0.25, 0.3) is 0 Å². The molecule has 0 saturated carbocycles. The Balaban J connectivity index is 2.80. The van der Waals surface area contributed by atoms with Crippen LogP contribution in [-0.2, 0) is 16.0 Å². The highest BCUT2D eigenvalue weighted by Crippen LogP contribution is 2.22. The van der Waals surface area contributed by atoms with E-state index < -0.39 is 5.60 Å². The molecule has 0 fully saturated rings. The highest BCUT2D eigenvalue weighted by atomic mass is 16.6. The molecule has 2 N–H and O–H groups in total. The van der Waals surface area contributed by atoms with Crippen LogP contribution in [0.1, 0.15) is 33.3 Å². The topological polar surface area (TPSA) is 61.5 Å². The second kappa shape index (κ2) is 7.29. The van der Waals surface area contributed by atoms with Crippen LogP contribution in [0.15, 0.2) is 24.3 Å². The fourth-order valence-corrected chi connectivity index (χ4v) is 1.88.